The van der Waals surface area contributed by atoms with Crippen LogP contribution in [0.5, 0.6) is 0 Å². The van der Waals surface area contributed by atoms with Gasteiger partial charge < -0.3 is 10.4 Å². The molecule has 1 aliphatic heterocycles. The maximum absolute atomic E-state index is 11.3. The Hall–Kier alpha value is -1.48. The van der Waals surface area contributed by atoms with Crippen molar-refractivity contribution >= 4 is 17.9 Å². The second-order valence-electron chi connectivity index (χ2n) is 3.30. The van der Waals surface area contributed by atoms with Crippen LogP contribution in [0.2, 0.25) is 0 Å². The minimum Gasteiger partial charge on any atom is -0.361 e. The minimum atomic E-state index is -0.258. The fraction of sp³-hybridized carbons (Fsp3) is 0.667. The quantitative estimate of drug-likeness (QED) is 0.366. The van der Waals surface area contributed by atoms with Gasteiger partial charge in [-0.15, -0.1) is 0 Å². The van der Waals surface area contributed by atoms with Gasteiger partial charge in [0, 0.05) is 25.9 Å². The highest BCUT2D eigenvalue weighted by atomic mass is 16.2. The fourth-order valence-electron chi connectivity index (χ4n) is 1.47. The number of piperidine rings is 1. The number of Topliss-reactive ketones (excluding diaryl/α,β-unsaturated/α-hetero) is 1. The molecule has 76 valence electrons. The van der Waals surface area contributed by atoms with Crippen LogP contribution in [0.1, 0.15) is 25.7 Å². The van der Waals surface area contributed by atoms with Gasteiger partial charge in [0.25, 0.3) is 0 Å². The lowest BCUT2D eigenvalue weighted by Crippen LogP contribution is -2.36. The first-order valence-corrected chi connectivity index (χ1v) is 4.72. The van der Waals surface area contributed by atoms with E-state index in [9.17, 15) is 9.59 Å². The van der Waals surface area contributed by atoms with Crippen molar-refractivity contribution in [1.82, 2.24) is 4.90 Å². The molecule has 14 heavy (non-hydrogen) atoms. The summed E-state index contributed by atoms with van der Waals surface area (Å²) in [6.07, 6.45) is 3.64. The van der Waals surface area contributed by atoms with E-state index in [1.165, 1.54) is 0 Å². The molecule has 0 atom stereocenters. The van der Waals surface area contributed by atoms with Gasteiger partial charge in [0.2, 0.25) is 11.7 Å². The van der Waals surface area contributed by atoms with Gasteiger partial charge >= 0.3 is 6.21 Å². The van der Waals surface area contributed by atoms with E-state index in [0.29, 0.717) is 13.0 Å². The normalized spacial score (nSPS) is 16.3. The number of likely N-dealkylation sites (tertiary alicyclic amines) is 1. The highest BCUT2D eigenvalue weighted by molar-refractivity contribution is 6.25. The van der Waals surface area contributed by atoms with Crippen LogP contribution in [0.25, 0.3) is 5.53 Å². The van der Waals surface area contributed by atoms with Gasteiger partial charge in [-0.3, -0.25) is 9.59 Å². The number of hydrogen-bond donors (Lipinski definition) is 0. The van der Waals surface area contributed by atoms with Crippen molar-refractivity contribution in [2.45, 2.75) is 25.7 Å². The Labute approximate surface area is 82.3 Å². The summed E-state index contributed by atoms with van der Waals surface area (Å²) in [5.41, 5.74) is 8.09. The Balaban J connectivity index is 2.32. The average molecular weight is 195 g/mol. The Morgan fingerprint density at radius 1 is 1.57 bits per heavy atom. The molecule has 1 saturated heterocycles. The Morgan fingerprint density at radius 2 is 2.36 bits per heavy atom. The summed E-state index contributed by atoms with van der Waals surface area (Å²) in [6.45, 7) is 1.17. The zero-order valence-corrected chi connectivity index (χ0v) is 7.98. The van der Waals surface area contributed by atoms with Crippen molar-refractivity contribution in [2.24, 2.45) is 0 Å². The zero-order chi connectivity index (χ0) is 10.4. The number of rotatable bonds is 4. The summed E-state index contributed by atoms with van der Waals surface area (Å²) in [4.78, 5) is 26.6. The van der Waals surface area contributed by atoms with Gasteiger partial charge in [-0.25, -0.2) is 0 Å². The molecule has 0 unspecified atom stereocenters. The summed E-state index contributed by atoms with van der Waals surface area (Å²) >= 11 is 0. The van der Waals surface area contributed by atoms with E-state index in [-0.39, 0.29) is 18.1 Å². The van der Waals surface area contributed by atoms with Crippen LogP contribution in [0.4, 0.5) is 0 Å². The molecule has 1 aliphatic rings. The lowest BCUT2D eigenvalue weighted by Gasteiger charge is -2.25. The SMILES string of the molecule is [N-]=[N+]=CC(=O)CCN1CCCCC1=O. The molecule has 0 saturated carbocycles. The third-order valence-electron chi connectivity index (χ3n) is 2.25. The molecule has 0 spiro atoms. The number of hydrogen-bond acceptors (Lipinski definition) is 2. The maximum atomic E-state index is 11.3. The predicted octanol–water partition coefficient (Wildman–Crippen LogP) is 0.259. The topological polar surface area (TPSA) is 73.8 Å². The van der Waals surface area contributed by atoms with E-state index in [1.807, 2.05) is 0 Å². The van der Waals surface area contributed by atoms with E-state index >= 15 is 0 Å². The van der Waals surface area contributed by atoms with Crippen LogP contribution in [0.3, 0.4) is 0 Å². The Morgan fingerprint density at radius 3 is 3.00 bits per heavy atom. The molecule has 1 rings (SSSR count). The molecule has 0 bridgehead atoms. The van der Waals surface area contributed by atoms with Crippen LogP contribution < -0.4 is 0 Å². The van der Waals surface area contributed by atoms with Gasteiger partial charge in [-0.2, -0.15) is 4.79 Å². The highest BCUT2D eigenvalue weighted by Gasteiger charge is 2.18. The monoisotopic (exact) mass is 195 g/mol. The molecule has 0 aromatic rings. The number of carbonyl (C=O) groups is 2. The summed E-state index contributed by atoms with van der Waals surface area (Å²) in [7, 11) is 0. The van der Waals surface area contributed by atoms with Crippen molar-refractivity contribution in [1.29, 1.82) is 0 Å². The smallest absolute Gasteiger partial charge is 0.323 e. The van der Waals surface area contributed by atoms with E-state index in [4.69, 9.17) is 5.53 Å². The van der Waals surface area contributed by atoms with E-state index in [1.54, 1.807) is 4.90 Å². The third-order valence-corrected chi connectivity index (χ3v) is 2.25. The van der Waals surface area contributed by atoms with Crippen molar-refractivity contribution < 1.29 is 14.4 Å². The molecular formula is C9H13N3O2. The molecule has 0 N–H and O–H groups in total. The van der Waals surface area contributed by atoms with Crippen molar-refractivity contribution in [3.8, 4) is 0 Å². The molecule has 0 aromatic heterocycles. The minimum absolute atomic E-state index is 0.116. The largest absolute Gasteiger partial charge is 0.361 e. The van der Waals surface area contributed by atoms with Crippen LogP contribution in [-0.2, 0) is 9.59 Å². The number of amides is 1. The molecule has 1 amide bonds. The predicted molar refractivity (Wildman–Crippen MR) is 49.7 cm³/mol. The van der Waals surface area contributed by atoms with Crippen LogP contribution in [-0.4, -0.2) is 40.7 Å². The first-order chi connectivity index (χ1) is 6.74. The third kappa shape index (κ3) is 3.11. The molecular weight excluding hydrogens is 182 g/mol. The van der Waals surface area contributed by atoms with Crippen molar-refractivity contribution in [3.63, 3.8) is 0 Å². The molecule has 5 nitrogen and oxygen atoms in total. The average Bonchev–Trinajstić information content (AvgIpc) is 2.17. The summed E-state index contributed by atoms with van der Waals surface area (Å²) in [5, 5.41) is 0. The Kier molecular flexibility index (Phi) is 4.01. The number of nitrogens with zero attached hydrogens (tertiary/aromatic N) is 3. The van der Waals surface area contributed by atoms with Gasteiger partial charge in [-0.1, -0.05) is 0 Å². The van der Waals surface area contributed by atoms with Gasteiger partial charge in [0.15, 0.2) is 0 Å². The van der Waals surface area contributed by atoms with E-state index < -0.39 is 0 Å². The van der Waals surface area contributed by atoms with Crippen LogP contribution in [0.15, 0.2) is 0 Å². The van der Waals surface area contributed by atoms with E-state index in [2.05, 4.69) is 4.79 Å². The van der Waals surface area contributed by atoms with Crippen molar-refractivity contribution in [3.05, 3.63) is 5.53 Å². The van der Waals surface area contributed by atoms with Gasteiger partial charge in [0.1, 0.15) is 0 Å². The summed E-state index contributed by atoms with van der Waals surface area (Å²) in [6, 6.07) is 0. The lowest BCUT2D eigenvalue weighted by molar-refractivity contribution is -0.133. The van der Waals surface area contributed by atoms with Gasteiger partial charge in [-0.05, 0) is 12.8 Å². The highest BCUT2D eigenvalue weighted by Crippen LogP contribution is 2.10. The number of ketones is 1. The first kappa shape index (κ1) is 10.6. The molecule has 0 aliphatic carbocycles. The second kappa shape index (κ2) is 5.29. The standard InChI is InChI=1S/C9H13N3O2/c10-11-7-8(13)4-6-12-5-2-1-3-9(12)14/h7H,1-6H2. The maximum Gasteiger partial charge on any atom is 0.323 e. The molecule has 0 aromatic carbocycles. The van der Waals surface area contributed by atoms with Gasteiger partial charge in [0.05, 0.1) is 0 Å². The Bertz CT molecular complexity index is 282. The zero-order valence-electron chi connectivity index (χ0n) is 7.98. The van der Waals surface area contributed by atoms with Crippen LogP contribution in [0, 0.1) is 0 Å². The molecule has 5 heteroatoms. The lowest BCUT2D eigenvalue weighted by atomic mass is 10.1. The summed E-state index contributed by atoms with van der Waals surface area (Å²) < 4.78 is 0. The van der Waals surface area contributed by atoms with E-state index in [0.717, 1.165) is 25.6 Å². The first-order valence-electron chi connectivity index (χ1n) is 4.72. The summed E-state index contributed by atoms with van der Waals surface area (Å²) in [5.74, 6) is -0.143. The molecule has 1 heterocycles. The van der Waals surface area contributed by atoms with Crippen LogP contribution >= 0.6 is 0 Å². The molecule has 1 fully saturated rings. The number of carbonyl (C=O) groups excluding carboxylic acids is 2. The fourth-order valence-corrected chi connectivity index (χ4v) is 1.47. The second-order valence-corrected chi connectivity index (χ2v) is 3.30. The molecule has 0 radical (unpaired) electrons. The van der Waals surface area contributed by atoms with Crippen molar-refractivity contribution in [2.75, 3.05) is 13.1 Å².